The van der Waals surface area contributed by atoms with Crippen LogP contribution >= 0.6 is 0 Å². The molecule has 0 aliphatic heterocycles. The minimum absolute atomic E-state index is 0.0954. The number of nitrogens with one attached hydrogen (secondary N) is 1. The van der Waals surface area contributed by atoms with Gasteiger partial charge in [-0.25, -0.2) is 13.2 Å². The molecule has 1 aliphatic rings. The number of halogens is 3. The molecule has 3 aromatic carbocycles. The Labute approximate surface area is 202 Å². The number of rotatable bonds is 9. The number of carboxylic acid groups (broad SMARTS) is 1. The molecule has 0 heterocycles. The van der Waals surface area contributed by atoms with E-state index in [1.54, 1.807) is 24.3 Å². The van der Waals surface area contributed by atoms with Crippen molar-refractivity contribution >= 4 is 12.2 Å². The Morgan fingerprint density at radius 2 is 1.83 bits per heavy atom. The summed E-state index contributed by atoms with van der Waals surface area (Å²) in [4.78, 5) is 8.36. The van der Waals surface area contributed by atoms with Crippen LogP contribution in [-0.4, -0.2) is 24.0 Å². The number of ether oxygens (including phenoxy) is 1. The highest BCUT2D eigenvalue weighted by molar-refractivity contribution is 5.70. The van der Waals surface area contributed by atoms with Crippen molar-refractivity contribution in [2.45, 2.75) is 38.8 Å². The van der Waals surface area contributed by atoms with Gasteiger partial charge in [0.05, 0.1) is 0 Å². The number of anilines is 1. The minimum Gasteiger partial charge on any atom is -0.489 e. The maximum atomic E-state index is 15.0. The number of hydrogen-bond acceptors (Lipinski definition) is 4. The van der Waals surface area contributed by atoms with Crippen LogP contribution in [0.1, 0.15) is 30.0 Å². The van der Waals surface area contributed by atoms with Crippen molar-refractivity contribution in [1.82, 2.24) is 0 Å². The molecule has 1 fully saturated rings. The highest BCUT2D eigenvalue weighted by Gasteiger charge is 2.56. The van der Waals surface area contributed by atoms with Gasteiger partial charge in [0.25, 0.3) is 12.4 Å². The third-order valence-corrected chi connectivity index (χ3v) is 5.86. The van der Waals surface area contributed by atoms with E-state index in [1.165, 1.54) is 0 Å². The van der Waals surface area contributed by atoms with E-state index in [-0.39, 0.29) is 38.4 Å². The Morgan fingerprint density at radius 1 is 1.14 bits per heavy atom. The van der Waals surface area contributed by atoms with Crippen molar-refractivity contribution in [3.8, 4) is 16.9 Å². The Hall–Kier alpha value is -3.52. The molecule has 0 amide bonds. The first-order chi connectivity index (χ1) is 16.8. The van der Waals surface area contributed by atoms with Crippen LogP contribution in [0.4, 0.5) is 18.9 Å². The third kappa shape index (κ3) is 6.76. The lowest BCUT2D eigenvalue weighted by atomic mass is 9.99. The molecule has 4 rings (SSSR count). The first-order valence-corrected chi connectivity index (χ1v) is 11.3. The van der Waals surface area contributed by atoms with Gasteiger partial charge in [0.2, 0.25) is 0 Å². The molecule has 0 spiro atoms. The zero-order valence-corrected chi connectivity index (χ0v) is 19.4. The van der Waals surface area contributed by atoms with E-state index in [0.29, 0.717) is 22.4 Å². The van der Waals surface area contributed by atoms with E-state index in [9.17, 15) is 13.2 Å². The summed E-state index contributed by atoms with van der Waals surface area (Å²) in [5.41, 5.74) is 9.73. The van der Waals surface area contributed by atoms with Crippen LogP contribution in [0.15, 0.2) is 60.7 Å². The second kappa shape index (κ2) is 11.8. The van der Waals surface area contributed by atoms with Crippen LogP contribution in [-0.2, 0) is 24.4 Å². The summed E-state index contributed by atoms with van der Waals surface area (Å²) >= 11 is 0. The molecule has 35 heavy (non-hydrogen) atoms. The Kier molecular flexibility index (Phi) is 8.76. The van der Waals surface area contributed by atoms with Crippen LogP contribution in [0.3, 0.4) is 0 Å². The molecule has 1 unspecified atom stereocenters. The topological polar surface area (TPSA) is 84.6 Å². The lowest BCUT2D eigenvalue weighted by Crippen LogP contribution is -2.09. The molecule has 0 saturated heterocycles. The van der Waals surface area contributed by atoms with E-state index in [2.05, 4.69) is 12.2 Å². The van der Waals surface area contributed by atoms with Gasteiger partial charge >= 0.3 is 0 Å². The molecule has 0 aromatic heterocycles. The van der Waals surface area contributed by atoms with Gasteiger partial charge in [0, 0.05) is 42.2 Å². The van der Waals surface area contributed by atoms with Crippen molar-refractivity contribution in [2.24, 2.45) is 11.7 Å². The van der Waals surface area contributed by atoms with Crippen LogP contribution in [0, 0.1) is 11.7 Å². The molecular weight excluding hydrogens is 457 g/mol. The fourth-order valence-electron chi connectivity index (χ4n) is 3.82. The normalized spacial score (nSPS) is 15.5. The fourth-order valence-corrected chi connectivity index (χ4v) is 3.82. The van der Waals surface area contributed by atoms with Crippen molar-refractivity contribution in [1.29, 1.82) is 0 Å². The molecule has 4 N–H and O–H groups in total. The Morgan fingerprint density at radius 3 is 2.49 bits per heavy atom. The summed E-state index contributed by atoms with van der Waals surface area (Å²) < 4.78 is 47.6. The van der Waals surface area contributed by atoms with Gasteiger partial charge in [-0.3, -0.25) is 4.79 Å². The standard InChI is InChI=1S/C26H27F3N2O.CH2O2/c1-2-18-6-3-4-9-24(18)32-16-17-10-20(23-8-5-7-19(14-30)25(23)27)12-22(11-17)31-15-21-13-26(21,28)29;2-1-3/h3-12,21,31H,2,13-16,30H2,1H3;1H,(H,2,3). The van der Waals surface area contributed by atoms with Crippen molar-refractivity contribution in [3.63, 3.8) is 0 Å². The highest BCUT2D eigenvalue weighted by atomic mass is 19.3. The van der Waals surface area contributed by atoms with E-state index in [1.807, 2.05) is 36.4 Å². The Balaban J connectivity index is 0.00000108. The number of aryl methyl sites for hydroxylation is 1. The number of para-hydroxylation sites is 1. The van der Waals surface area contributed by atoms with Crippen molar-refractivity contribution < 1.29 is 27.8 Å². The molecule has 1 aliphatic carbocycles. The second-order valence-corrected chi connectivity index (χ2v) is 8.30. The largest absolute Gasteiger partial charge is 0.489 e. The van der Waals surface area contributed by atoms with Gasteiger partial charge in [-0.15, -0.1) is 0 Å². The van der Waals surface area contributed by atoms with Gasteiger partial charge in [-0.1, -0.05) is 43.3 Å². The average Bonchev–Trinajstić information content (AvgIpc) is 3.48. The molecule has 186 valence electrons. The zero-order valence-electron chi connectivity index (χ0n) is 19.4. The van der Waals surface area contributed by atoms with Gasteiger partial charge in [0.15, 0.2) is 0 Å². The summed E-state index contributed by atoms with van der Waals surface area (Å²) in [5.74, 6) is -2.84. The molecule has 8 heteroatoms. The number of nitrogens with two attached hydrogens (primary N) is 1. The molecule has 1 atom stereocenters. The van der Waals surface area contributed by atoms with Gasteiger partial charge in [-0.2, -0.15) is 0 Å². The molecular formula is C27H29F3N2O3. The van der Waals surface area contributed by atoms with Crippen molar-refractivity contribution in [3.05, 3.63) is 83.2 Å². The van der Waals surface area contributed by atoms with Crippen molar-refractivity contribution in [2.75, 3.05) is 11.9 Å². The average molecular weight is 487 g/mol. The van der Waals surface area contributed by atoms with Gasteiger partial charge in [-0.05, 0) is 47.4 Å². The van der Waals surface area contributed by atoms with E-state index in [0.717, 1.165) is 23.3 Å². The fraction of sp³-hybridized carbons (Fsp3) is 0.296. The van der Waals surface area contributed by atoms with Gasteiger partial charge < -0.3 is 20.9 Å². The van der Waals surface area contributed by atoms with E-state index in [4.69, 9.17) is 20.4 Å². The molecule has 0 bridgehead atoms. The molecule has 1 saturated carbocycles. The highest BCUT2D eigenvalue weighted by Crippen LogP contribution is 2.48. The zero-order chi connectivity index (χ0) is 25.4. The van der Waals surface area contributed by atoms with E-state index >= 15 is 0 Å². The number of carbonyl (C=O) groups is 1. The van der Waals surface area contributed by atoms with E-state index < -0.39 is 11.8 Å². The van der Waals surface area contributed by atoms with Crippen LogP contribution in [0.25, 0.3) is 11.1 Å². The lowest BCUT2D eigenvalue weighted by Gasteiger charge is -2.15. The minimum atomic E-state index is -2.60. The maximum absolute atomic E-state index is 15.0. The summed E-state index contributed by atoms with van der Waals surface area (Å²) in [7, 11) is 0. The number of benzene rings is 3. The van der Waals surface area contributed by atoms with Crippen LogP contribution < -0.4 is 15.8 Å². The predicted molar refractivity (Wildman–Crippen MR) is 130 cm³/mol. The lowest BCUT2D eigenvalue weighted by molar-refractivity contribution is -0.122. The van der Waals surface area contributed by atoms with Crippen LogP contribution in [0.2, 0.25) is 0 Å². The molecule has 3 aromatic rings. The number of hydrogen-bond donors (Lipinski definition) is 3. The predicted octanol–water partition coefficient (Wildman–Crippen LogP) is 5.86. The number of alkyl halides is 2. The second-order valence-electron chi connectivity index (χ2n) is 8.30. The summed E-state index contributed by atoms with van der Waals surface area (Å²) in [6, 6.07) is 18.4. The first-order valence-electron chi connectivity index (χ1n) is 11.3. The van der Waals surface area contributed by atoms with Crippen LogP contribution in [0.5, 0.6) is 5.75 Å². The summed E-state index contributed by atoms with van der Waals surface area (Å²) in [6.45, 7) is 2.35. The first kappa shape index (κ1) is 26.1. The smallest absolute Gasteiger partial charge is 0.290 e. The quantitative estimate of drug-likeness (QED) is 0.330. The summed E-state index contributed by atoms with van der Waals surface area (Å²) in [5, 5.41) is 9.99. The molecule has 5 nitrogen and oxygen atoms in total. The SMILES string of the molecule is CCc1ccccc1OCc1cc(NCC2CC2(F)F)cc(-c2cccc(CN)c2F)c1.O=CO. The monoisotopic (exact) mass is 486 g/mol. The third-order valence-electron chi connectivity index (χ3n) is 5.86. The van der Waals surface area contributed by atoms with Gasteiger partial charge in [0.1, 0.15) is 18.2 Å². The Bertz CT molecular complexity index is 1150. The summed E-state index contributed by atoms with van der Waals surface area (Å²) in [6.07, 6.45) is 0.742. The molecule has 0 radical (unpaired) electrons. The maximum Gasteiger partial charge on any atom is 0.290 e.